The number of hydrogen-bond acceptors (Lipinski definition) is 2. The van der Waals surface area contributed by atoms with Crippen LogP contribution in [0.1, 0.15) is 68.4 Å². The number of benzene rings is 1. The lowest BCUT2D eigenvalue weighted by molar-refractivity contribution is 0.171. The molecule has 0 unspecified atom stereocenters. The smallest absolute Gasteiger partial charge is 0.0991 e. The molecule has 0 spiro atoms. The lowest BCUT2D eigenvalue weighted by Gasteiger charge is -2.37. The molecule has 0 radical (unpaired) electrons. The van der Waals surface area contributed by atoms with Gasteiger partial charge in [0.2, 0.25) is 0 Å². The number of hydrogen-bond donors (Lipinski definition) is 0. The Morgan fingerprint density at radius 3 is 2.12 bits per heavy atom. The van der Waals surface area contributed by atoms with Crippen molar-refractivity contribution in [1.82, 2.24) is 0 Å². The second kappa shape index (κ2) is 9.20. The van der Waals surface area contributed by atoms with Gasteiger partial charge < -0.3 is 4.74 Å². The average Bonchev–Trinajstić information content (AvgIpc) is 2.69. The fourth-order valence-corrected chi connectivity index (χ4v) is 4.91. The molecule has 3 rings (SSSR count). The van der Waals surface area contributed by atoms with Gasteiger partial charge in [0.1, 0.15) is 0 Å². The molecule has 0 amide bonds. The summed E-state index contributed by atoms with van der Waals surface area (Å²) in [6.45, 7) is 0.749. The second-order valence-electron chi connectivity index (χ2n) is 7.90. The maximum absolute atomic E-state index is 8.94. The maximum Gasteiger partial charge on any atom is 0.0991 e. The molecule has 2 fully saturated rings. The molecular formula is C23H31NO. The van der Waals surface area contributed by atoms with Crippen LogP contribution in [0.3, 0.4) is 0 Å². The zero-order chi connectivity index (χ0) is 17.5. The van der Waals surface area contributed by atoms with E-state index in [0.29, 0.717) is 5.92 Å². The highest BCUT2D eigenvalue weighted by molar-refractivity contribution is 5.33. The van der Waals surface area contributed by atoms with Crippen LogP contribution < -0.4 is 0 Å². The third-order valence-corrected chi connectivity index (χ3v) is 6.44. The summed E-state index contributed by atoms with van der Waals surface area (Å²) in [5.74, 6) is 3.38. The first-order valence-electron chi connectivity index (χ1n) is 9.95. The van der Waals surface area contributed by atoms with Crippen LogP contribution in [-0.2, 0) is 4.74 Å². The fourth-order valence-electron chi connectivity index (χ4n) is 4.91. The highest BCUT2D eigenvalue weighted by Gasteiger charge is 2.30. The topological polar surface area (TPSA) is 33.0 Å². The molecule has 0 heterocycles. The number of ether oxygens (including phenoxy) is 1. The van der Waals surface area contributed by atoms with E-state index in [1.807, 2.05) is 12.1 Å². The Morgan fingerprint density at radius 1 is 0.960 bits per heavy atom. The molecule has 0 saturated heterocycles. The summed E-state index contributed by atoms with van der Waals surface area (Å²) in [6, 6.07) is 10.5. The predicted molar refractivity (Wildman–Crippen MR) is 102 cm³/mol. The molecule has 0 aromatic heterocycles. The molecule has 2 aliphatic carbocycles. The quantitative estimate of drug-likeness (QED) is 0.632. The van der Waals surface area contributed by atoms with Crippen LogP contribution in [0.4, 0.5) is 0 Å². The van der Waals surface area contributed by atoms with E-state index in [1.54, 1.807) is 7.11 Å². The molecule has 2 aliphatic rings. The summed E-state index contributed by atoms with van der Waals surface area (Å²) in [5.41, 5.74) is 2.21. The molecule has 0 bridgehead atoms. The van der Waals surface area contributed by atoms with Crippen LogP contribution in [0.5, 0.6) is 0 Å². The molecule has 0 aliphatic heterocycles. The molecule has 2 nitrogen and oxygen atoms in total. The summed E-state index contributed by atoms with van der Waals surface area (Å²) in [4.78, 5) is 0. The van der Waals surface area contributed by atoms with Crippen LogP contribution >= 0.6 is 0 Å². The van der Waals surface area contributed by atoms with Gasteiger partial charge in [-0.25, -0.2) is 0 Å². The Bertz CT molecular complexity index is 582. The third-order valence-electron chi connectivity index (χ3n) is 6.44. The lowest BCUT2D eigenvalue weighted by atomic mass is 9.68. The minimum absolute atomic E-state index is 0.706. The summed E-state index contributed by atoms with van der Waals surface area (Å²) >= 11 is 0. The van der Waals surface area contributed by atoms with E-state index in [1.165, 1.54) is 56.9 Å². The van der Waals surface area contributed by atoms with Crippen LogP contribution in [0, 0.1) is 29.1 Å². The van der Waals surface area contributed by atoms with Gasteiger partial charge in [-0.05, 0) is 92.7 Å². The predicted octanol–water partition coefficient (Wildman–Crippen LogP) is 5.84. The molecule has 0 N–H and O–H groups in total. The zero-order valence-electron chi connectivity index (χ0n) is 15.5. The van der Waals surface area contributed by atoms with Crippen molar-refractivity contribution < 1.29 is 4.74 Å². The maximum atomic E-state index is 8.94. The third kappa shape index (κ3) is 4.95. The molecule has 0 atom stereocenters. The summed E-state index contributed by atoms with van der Waals surface area (Å²) in [6.07, 6.45) is 15.5. The van der Waals surface area contributed by atoms with Gasteiger partial charge in [-0.3, -0.25) is 0 Å². The van der Waals surface area contributed by atoms with Crippen molar-refractivity contribution in [3.63, 3.8) is 0 Å². The van der Waals surface area contributed by atoms with E-state index in [-0.39, 0.29) is 0 Å². The Kier molecular flexibility index (Phi) is 6.70. The van der Waals surface area contributed by atoms with Gasteiger partial charge in [-0.2, -0.15) is 5.26 Å². The Morgan fingerprint density at radius 2 is 1.56 bits per heavy atom. The van der Waals surface area contributed by atoms with E-state index in [0.717, 1.165) is 29.9 Å². The SMILES string of the molecule is COC/C=C/[C@H]1CC[C@H](C2CCC(c3ccc(C#N)cc3)CC2)CC1. The van der Waals surface area contributed by atoms with Crippen molar-refractivity contribution in [2.45, 2.75) is 57.3 Å². The van der Waals surface area contributed by atoms with E-state index < -0.39 is 0 Å². The molecular weight excluding hydrogens is 306 g/mol. The Balaban J connectivity index is 1.44. The number of nitrogens with zero attached hydrogens (tertiary/aromatic N) is 1. The zero-order valence-corrected chi connectivity index (χ0v) is 15.5. The van der Waals surface area contributed by atoms with Gasteiger partial charge in [0.15, 0.2) is 0 Å². The molecule has 25 heavy (non-hydrogen) atoms. The van der Waals surface area contributed by atoms with Crippen molar-refractivity contribution in [3.8, 4) is 6.07 Å². The van der Waals surface area contributed by atoms with Crippen molar-refractivity contribution in [2.24, 2.45) is 17.8 Å². The van der Waals surface area contributed by atoms with E-state index in [2.05, 4.69) is 30.4 Å². The molecule has 134 valence electrons. The minimum atomic E-state index is 0.706. The number of methoxy groups -OCH3 is 1. The van der Waals surface area contributed by atoms with Crippen LogP contribution in [0.25, 0.3) is 0 Å². The molecule has 1 aromatic rings. The van der Waals surface area contributed by atoms with Gasteiger partial charge in [-0.1, -0.05) is 24.3 Å². The van der Waals surface area contributed by atoms with Crippen molar-refractivity contribution in [2.75, 3.05) is 13.7 Å². The second-order valence-corrected chi connectivity index (χ2v) is 7.90. The molecule has 2 heteroatoms. The largest absolute Gasteiger partial charge is 0.381 e. The van der Waals surface area contributed by atoms with E-state index in [4.69, 9.17) is 10.00 Å². The fraction of sp³-hybridized carbons (Fsp3) is 0.609. The number of allylic oxidation sites excluding steroid dienone is 1. The van der Waals surface area contributed by atoms with Gasteiger partial charge in [0.05, 0.1) is 18.2 Å². The first-order chi connectivity index (χ1) is 12.3. The molecule has 2 saturated carbocycles. The Labute approximate surface area is 152 Å². The van der Waals surface area contributed by atoms with Crippen molar-refractivity contribution in [1.29, 1.82) is 5.26 Å². The van der Waals surface area contributed by atoms with Gasteiger partial charge in [-0.15, -0.1) is 0 Å². The first kappa shape index (κ1) is 18.2. The van der Waals surface area contributed by atoms with E-state index >= 15 is 0 Å². The van der Waals surface area contributed by atoms with Crippen LogP contribution in [-0.4, -0.2) is 13.7 Å². The average molecular weight is 338 g/mol. The van der Waals surface area contributed by atoms with Crippen molar-refractivity contribution >= 4 is 0 Å². The van der Waals surface area contributed by atoms with Gasteiger partial charge >= 0.3 is 0 Å². The molecule has 1 aromatic carbocycles. The number of nitriles is 1. The van der Waals surface area contributed by atoms with Crippen LogP contribution in [0.2, 0.25) is 0 Å². The summed E-state index contributed by atoms with van der Waals surface area (Å²) < 4.78 is 5.11. The summed E-state index contributed by atoms with van der Waals surface area (Å²) in [5, 5.41) is 8.94. The summed E-state index contributed by atoms with van der Waals surface area (Å²) in [7, 11) is 1.76. The first-order valence-corrected chi connectivity index (χ1v) is 9.95. The van der Waals surface area contributed by atoms with E-state index in [9.17, 15) is 0 Å². The Hall–Kier alpha value is -1.59. The monoisotopic (exact) mass is 337 g/mol. The van der Waals surface area contributed by atoms with Gasteiger partial charge in [0.25, 0.3) is 0 Å². The highest BCUT2D eigenvalue weighted by atomic mass is 16.5. The highest BCUT2D eigenvalue weighted by Crippen LogP contribution is 2.44. The minimum Gasteiger partial charge on any atom is -0.381 e. The van der Waals surface area contributed by atoms with Crippen LogP contribution in [0.15, 0.2) is 36.4 Å². The lowest BCUT2D eigenvalue weighted by Crippen LogP contribution is -2.25. The number of rotatable bonds is 5. The van der Waals surface area contributed by atoms with Gasteiger partial charge in [0, 0.05) is 7.11 Å². The standard InChI is InChI=1S/C23H31NO/c1-25-16-2-3-18-4-8-20(9-5-18)22-12-14-23(15-13-22)21-10-6-19(17-24)7-11-21/h2-3,6-7,10-11,18,20,22-23H,4-5,8-9,12-16H2,1H3/b3-2+/t18-,20-,22?,23?. The van der Waals surface area contributed by atoms with Crippen molar-refractivity contribution in [3.05, 3.63) is 47.5 Å². The normalized spacial score (nSPS) is 30.2.